The molecule has 0 aliphatic heterocycles. The fourth-order valence-corrected chi connectivity index (χ4v) is 8.40. The number of ether oxygens (including phenoxy) is 2. The largest absolute Gasteiger partial charge is 0.504 e. The molecule has 1 aromatic carbocycles. The van der Waals surface area contributed by atoms with Crippen molar-refractivity contribution in [3.63, 3.8) is 0 Å². The van der Waals surface area contributed by atoms with Gasteiger partial charge in [-0.2, -0.15) is 0 Å². The van der Waals surface area contributed by atoms with Crippen LogP contribution in [-0.2, 0) is 19.1 Å². The third-order valence-corrected chi connectivity index (χ3v) is 10.3. The molecule has 0 aromatic heterocycles. The molecule has 7 heteroatoms. The molecule has 0 radical (unpaired) electrons. The molecular formula is C30H36O7. The first kappa shape index (κ1) is 25.7. The third-order valence-electron chi connectivity index (χ3n) is 10.3. The first-order chi connectivity index (χ1) is 17.4. The van der Waals surface area contributed by atoms with Gasteiger partial charge in [-0.25, -0.2) is 4.79 Å². The fourth-order valence-electron chi connectivity index (χ4n) is 8.40. The Kier molecular flexibility index (Phi) is 5.94. The number of carbonyl (C=O) groups is 3. The van der Waals surface area contributed by atoms with Gasteiger partial charge < -0.3 is 19.7 Å². The Labute approximate surface area is 217 Å². The summed E-state index contributed by atoms with van der Waals surface area (Å²) in [7, 11) is 1.44. The number of benzene rings is 1. The van der Waals surface area contributed by atoms with Crippen LogP contribution < -0.4 is 4.74 Å². The zero-order valence-electron chi connectivity index (χ0n) is 22.0. The Morgan fingerprint density at radius 3 is 2.59 bits per heavy atom. The SMILES string of the molecule is C=C1C(=O)C23[C@H](O)[C@H]1CC[C@H]2[C@]1(C)CCC(=O)C(C)(C)[C@H]1C[C@H]3OC(=O)/C=C/c1ccc(O)c(OC)c1. The van der Waals surface area contributed by atoms with Gasteiger partial charge in [-0.1, -0.05) is 33.4 Å². The summed E-state index contributed by atoms with van der Waals surface area (Å²) in [5.74, 6) is -1.00. The topological polar surface area (TPSA) is 110 Å². The predicted molar refractivity (Wildman–Crippen MR) is 137 cm³/mol. The van der Waals surface area contributed by atoms with Crippen LogP contribution in [0.25, 0.3) is 6.08 Å². The Morgan fingerprint density at radius 1 is 1.16 bits per heavy atom. The number of aromatic hydroxyl groups is 1. The van der Waals surface area contributed by atoms with E-state index < -0.39 is 29.0 Å². The molecule has 4 fully saturated rings. The van der Waals surface area contributed by atoms with Crippen molar-refractivity contribution >= 4 is 23.6 Å². The van der Waals surface area contributed by atoms with Gasteiger partial charge in [0.2, 0.25) is 0 Å². The summed E-state index contributed by atoms with van der Waals surface area (Å²) in [5.41, 5.74) is -1.16. The van der Waals surface area contributed by atoms with Gasteiger partial charge in [0.25, 0.3) is 0 Å². The lowest BCUT2D eigenvalue weighted by atomic mass is 9.39. The molecule has 0 heterocycles. The number of phenols is 1. The van der Waals surface area contributed by atoms with E-state index in [-0.39, 0.29) is 46.2 Å². The molecule has 4 saturated carbocycles. The smallest absolute Gasteiger partial charge is 0.331 e. The maximum atomic E-state index is 13.9. The summed E-state index contributed by atoms with van der Waals surface area (Å²) in [5, 5.41) is 21.4. The summed E-state index contributed by atoms with van der Waals surface area (Å²) in [6.45, 7) is 10.1. The Bertz CT molecular complexity index is 1210. The van der Waals surface area contributed by atoms with E-state index in [4.69, 9.17) is 9.47 Å². The van der Waals surface area contributed by atoms with Crippen molar-refractivity contribution in [3.8, 4) is 11.5 Å². The molecule has 4 aliphatic rings. The second-order valence-corrected chi connectivity index (χ2v) is 12.1. The van der Waals surface area contributed by atoms with Crippen LogP contribution in [0.15, 0.2) is 36.4 Å². The van der Waals surface area contributed by atoms with Crippen molar-refractivity contribution in [3.05, 3.63) is 42.0 Å². The molecule has 4 aliphatic carbocycles. The molecule has 2 bridgehead atoms. The summed E-state index contributed by atoms with van der Waals surface area (Å²) in [6.07, 6.45) is 3.83. The Hall–Kier alpha value is -2.93. The number of rotatable bonds is 4. The van der Waals surface area contributed by atoms with Crippen LogP contribution in [0.1, 0.15) is 58.4 Å². The summed E-state index contributed by atoms with van der Waals surface area (Å²) in [6, 6.07) is 4.70. The molecule has 7 atom stereocenters. The van der Waals surface area contributed by atoms with E-state index in [1.165, 1.54) is 19.3 Å². The molecule has 5 rings (SSSR count). The molecule has 1 aromatic rings. The first-order valence-corrected chi connectivity index (χ1v) is 13.1. The number of aliphatic hydroxyl groups excluding tert-OH is 1. The zero-order chi connectivity index (χ0) is 26.9. The summed E-state index contributed by atoms with van der Waals surface area (Å²) >= 11 is 0. The van der Waals surface area contributed by atoms with Gasteiger partial charge in [0.05, 0.1) is 18.6 Å². The highest BCUT2D eigenvalue weighted by Gasteiger charge is 2.75. The number of Topliss-reactive ketones (excluding diaryl/α,β-unsaturated/α-hetero) is 2. The molecule has 0 saturated heterocycles. The molecular weight excluding hydrogens is 472 g/mol. The monoisotopic (exact) mass is 508 g/mol. The minimum Gasteiger partial charge on any atom is -0.504 e. The minimum absolute atomic E-state index is 0.0110. The Balaban J connectivity index is 1.52. The second-order valence-electron chi connectivity index (χ2n) is 12.1. The summed E-state index contributed by atoms with van der Waals surface area (Å²) in [4.78, 5) is 40.0. The number of methoxy groups -OCH3 is 1. The van der Waals surface area contributed by atoms with E-state index in [0.717, 1.165) is 6.42 Å². The van der Waals surface area contributed by atoms with Crippen LogP contribution in [0, 0.1) is 34.0 Å². The van der Waals surface area contributed by atoms with Gasteiger partial charge in [-0.3, -0.25) is 9.59 Å². The van der Waals surface area contributed by atoms with Gasteiger partial charge in [0.1, 0.15) is 11.9 Å². The molecule has 2 N–H and O–H groups in total. The second kappa shape index (κ2) is 8.55. The lowest BCUT2D eigenvalue weighted by Crippen LogP contribution is -2.68. The highest BCUT2D eigenvalue weighted by Crippen LogP contribution is 2.71. The van der Waals surface area contributed by atoms with Gasteiger partial charge in [-0.05, 0) is 72.3 Å². The van der Waals surface area contributed by atoms with Crippen LogP contribution in [-0.4, -0.2) is 47.1 Å². The molecule has 198 valence electrons. The van der Waals surface area contributed by atoms with Crippen molar-refractivity contribution in [2.24, 2.45) is 34.0 Å². The number of hydrogen-bond acceptors (Lipinski definition) is 7. The van der Waals surface area contributed by atoms with E-state index in [1.54, 1.807) is 18.2 Å². The molecule has 1 unspecified atom stereocenters. The lowest BCUT2D eigenvalue weighted by molar-refractivity contribution is -0.229. The highest BCUT2D eigenvalue weighted by molar-refractivity contribution is 6.05. The maximum Gasteiger partial charge on any atom is 0.331 e. The van der Waals surface area contributed by atoms with Crippen LogP contribution in [0.4, 0.5) is 0 Å². The fraction of sp³-hybridized carbons (Fsp3) is 0.567. The molecule has 0 amide bonds. The number of hydrogen-bond donors (Lipinski definition) is 2. The van der Waals surface area contributed by atoms with E-state index >= 15 is 0 Å². The van der Waals surface area contributed by atoms with Gasteiger partial charge in [0, 0.05) is 23.8 Å². The number of esters is 1. The maximum absolute atomic E-state index is 13.9. The average Bonchev–Trinajstić information content (AvgIpc) is 2.96. The van der Waals surface area contributed by atoms with Crippen molar-refractivity contribution in [2.45, 2.75) is 65.1 Å². The third kappa shape index (κ3) is 3.46. The van der Waals surface area contributed by atoms with Gasteiger partial charge in [-0.15, -0.1) is 0 Å². The molecule has 7 nitrogen and oxygen atoms in total. The van der Waals surface area contributed by atoms with E-state index in [1.807, 2.05) is 13.8 Å². The molecule has 1 spiro atoms. The minimum atomic E-state index is -1.24. The summed E-state index contributed by atoms with van der Waals surface area (Å²) < 4.78 is 11.2. The van der Waals surface area contributed by atoms with Crippen LogP contribution in [0.5, 0.6) is 11.5 Å². The number of phenolic OH excluding ortho intramolecular Hbond substituents is 1. The van der Waals surface area contributed by atoms with Crippen molar-refractivity contribution < 1.29 is 34.1 Å². The number of fused-ring (bicyclic) bond motifs is 3. The quantitative estimate of drug-likeness (QED) is 0.462. The van der Waals surface area contributed by atoms with Crippen LogP contribution in [0.2, 0.25) is 0 Å². The number of aliphatic hydroxyl groups is 1. The van der Waals surface area contributed by atoms with Crippen LogP contribution in [0.3, 0.4) is 0 Å². The van der Waals surface area contributed by atoms with E-state index in [9.17, 15) is 24.6 Å². The van der Waals surface area contributed by atoms with E-state index in [2.05, 4.69) is 13.5 Å². The van der Waals surface area contributed by atoms with Crippen molar-refractivity contribution in [1.82, 2.24) is 0 Å². The van der Waals surface area contributed by atoms with Crippen molar-refractivity contribution in [1.29, 1.82) is 0 Å². The predicted octanol–water partition coefficient (Wildman–Crippen LogP) is 4.25. The van der Waals surface area contributed by atoms with E-state index in [0.29, 0.717) is 36.8 Å². The zero-order valence-corrected chi connectivity index (χ0v) is 22.0. The normalized spacial score (nSPS) is 38.3. The van der Waals surface area contributed by atoms with Crippen LogP contribution >= 0.6 is 0 Å². The first-order valence-electron chi connectivity index (χ1n) is 13.1. The molecule has 37 heavy (non-hydrogen) atoms. The number of ketones is 2. The van der Waals surface area contributed by atoms with Gasteiger partial charge in [0.15, 0.2) is 17.3 Å². The van der Waals surface area contributed by atoms with Crippen molar-refractivity contribution in [2.75, 3.05) is 7.11 Å². The number of carbonyl (C=O) groups excluding carboxylic acids is 3. The van der Waals surface area contributed by atoms with Gasteiger partial charge >= 0.3 is 5.97 Å². The standard InChI is InChI=1S/C30H36O7/c1-16-18-8-10-21-29(4)13-12-23(32)28(2,3)22(29)15-24(30(21,26(16)34)27(18)35)37-25(33)11-7-17-6-9-19(31)20(14-17)36-5/h6-7,9,11,14,18,21-22,24,27,31,35H,1,8,10,12-13,15H2,2-5H3/b11-7+/t18-,21-,22+,24+,27+,29-,30?/m0/s1. The average molecular weight is 509 g/mol. The Morgan fingerprint density at radius 2 is 1.89 bits per heavy atom. The lowest BCUT2D eigenvalue weighted by Gasteiger charge is -2.64. The highest BCUT2D eigenvalue weighted by atomic mass is 16.5.